The van der Waals surface area contributed by atoms with Crippen molar-refractivity contribution >= 4 is 32.6 Å². The molecule has 4 aromatic rings. The van der Waals surface area contributed by atoms with E-state index in [9.17, 15) is 9.59 Å². The van der Waals surface area contributed by atoms with Crippen LogP contribution < -0.4 is 15.6 Å². The van der Waals surface area contributed by atoms with E-state index in [1.807, 2.05) is 43.3 Å². The van der Waals surface area contributed by atoms with Gasteiger partial charge in [0.15, 0.2) is 5.13 Å². The molecule has 2 aromatic heterocycles. The summed E-state index contributed by atoms with van der Waals surface area (Å²) < 4.78 is 7.61. The van der Waals surface area contributed by atoms with Crippen LogP contribution in [0.25, 0.3) is 21.5 Å². The molecule has 0 aliphatic rings. The number of anilines is 1. The van der Waals surface area contributed by atoms with Crippen molar-refractivity contribution in [3.05, 3.63) is 70.5 Å². The molecule has 7 nitrogen and oxygen atoms in total. The number of carbonyl (C=O) groups excluding carboxylic acids is 1. The zero-order chi connectivity index (χ0) is 21.8. The van der Waals surface area contributed by atoms with Crippen LogP contribution in [0.4, 0.5) is 5.13 Å². The number of amides is 1. The molecular formula is C23H22N4O3S. The van der Waals surface area contributed by atoms with E-state index in [0.717, 1.165) is 27.1 Å². The van der Waals surface area contributed by atoms with E-state index in [1.165, 1.54) is 22.1 Å². The van der Waals surface area contributed by atoms with Gasteiger partial charge in [0.1, 0.15) is 5.75 Å². The maximum atomic E-state index is 12.3. The maximum Gasteiger partial charge on any atom is 0.266 e. The third-order valence-corrected chi connectivity index (χ3v) is 5.75. The van der Waals surface area contributed by atoms with E-state index in [1.54, 1.807) is 13.2 Å². The van der Waals surface area contributed by atoms with Gasteiger partial charge in [-0.1, -0.05) is 17.4 Å². The normalized spacial score (nSPS) is 10.9. The predicted octanol–water partition coefficient (Wildman–Crippen LogP) is 4.26. The number of hydrogen-bond acceptors (Lipinski definition) is 6. The maximum absolute atomic E-state index is 12.3. The monoisotopic (exact) mass is 434 g/mol. The molecule has 0 unspecified atom stereocenters. The summed E-state index contributed by atoms with van der Waals surface area (Å²) in [5.41, 5.74) is 3.41. The molecule has 0 bridgehead atoms. The van der Waals surface area contributed by atoms with Crippen LogP contribution in [-0.2, 0) is 11.3 Å². The Kier molecular flexibility index (Phi) is 6.08. The average Bonchev–Trinajstić information content (AvgIpc) is 3.16. The average molecular weight is 435 g/mol. The lowest BCUT2D eigenvalue weighted by molar-refractivity contribution is -0.116. The van der Waals surface area contributed by atoms with Crippen LogP contribution in [0.15, 0.2) is 59.4 Å². The number of hydrogen-bond donors (Lipinski definition) is 1. The van der Waals surface area contributed by atoms with Crippen LogP contribution in [0.1, 0.15) is 18.4 Å². The minimum Gasteiger partial charge on any atom is -0.497 e. The number of ether oxygens (including phenoxy) is 1. The molecule has 0 aliphatic carbocycles. The number of benzene rings is 2. The Morgan fingerprint density at radius 3 is 2.71 bits per heavy atom. The standard InChI is InChI=1S/C23H22N4O3S/c1-15-5-10-19-20(14-15)31-23(24-19)25-21(28)4-3-13-27-22(29)12-11-18(26-27)16-6-8-17(30-2)9-7-16/h5-12,14H,3-4,13H2,1-2H3,(H,24,25,28). The van der Waals surface area contributed by atoms with E-state index in [-0.39, 0.29) is 17.9 Å². The highest BCUT2D eigenvalue weighted by atomic mass is 32.1. The lowest BCUT2D eigenvalue weighted by Crippen LogP contribution is -2.23. The van der Waals surface area contributed by atoms with Crippen molar-refractivity contribution in [3.8, 4) is 17.0 Å². The molecule has 0 aliphatic heterocycles. The topological polar surface area (TPSA) is 86.1 Å². The lowest BCUT2D eigenvalue weighted by atomic mass is 10.1. The van der Waals surface area contributed by atoms with Crippen LogP contribution in [0.5, 0.6) is 5.75 Å². The van der Waals surface area contributed by atoms with E-state index in [0.29, 0.717) is 23.8 Å². The molecular weight excluding hydrogens is 412 g/mol. The van der Waals surface area contributed by atoms with Crippen molar-refractivity contribution in [2.75, 3.05) is 12.4 Å². The summed E-state index contributed by atoms with van der Waals surface area (Å²) in [7, 11) is 1.61. The Labute approximate surface area is 183 Å². The van der Waals surface area contributed by atoms with E-state index in [4.69, 9.17) is 4.74 Å². The zero-order valence-corrected chi connectivity index (χ0v) is 18.1. The van der Waals surface area contributed by atoms with Crippen molar-refractivity contribution < 1.29 is 9.53 Å². The number of rotatable bonds is 7. The highest BCUT2D eigenvalue weighted by Gasteiger charge is 2.09. The van der Waals surface area contributed by atoms with Gasteiger partial charge < -0.3 is 10.1 Å². The van der Waals surface area contributed by atoms with Crippen molar-refractivity contribution in [1.29, 1.82) is 0 Å². The molecule has 0 radical (unpaired) electrons. The number of thiazole rings is 1. The van der Waals surface area contributed by atoms with Gasteiger partial charge in [0.05, 0.1) is 23.0 Å². The fraction of sp³-hybridized carbons (Fsp3) is 0.217. The van der Waals surface area contributed by atoms with Gasteiger partial charge in [-0.2, -0.15) is 5.10 Å². The molecule has 158 valence electrons. The van der Waals surface area contributed by atoms with Crippen molar-refractivity contribution in [2.24, 2.45) is 0 Å². The highest BCUT2D eigenvalue weighted by molar-refractivity contribution is 7.22. The van der Waals surface area contributed by atoms with E-state index < -0.39 is 0 Å². The second-order valence-electron chi connectivity index (χ2n) is 7.15. The van der Waals surface area contributed by atoms with Gasteiger partial charge in [-0.3, -0.25) is 9.59 Å². The molecule has 2 aromatic carbocycles. The highest BCUT2D eigenvalue weighted by Crippen LogP contribution is 2.26. The zero-order valence-electron chi connectivity index (χ0n) is 17.3. The van der Waals surface area contributed by atoms with Gasteiger partial charge in [-0.15, -0.1) is 0 Å². The van der Waals surface area contributed by atoms with Gasteiger partial charge in [-0.05, 0) is 61.4 Å². The molecule has 0 saturated heterocycles. The first-order valence-electron chi connectivity index (χ1n) is 9.91. The summed E-state index contributed by atoms with van der Waals surface area (Å²) in [5.74, 6) is 0.626. The summed E-state index contributed by atoms with van der Waals surface area (Å²) in [6.07, 6.45) is 0.768. The summed E-state index contributed by atoms with van der Waals surface area (Å²) in [4.78, 5) is 28.9. The summed E-state index contributed by atoms with van der Waals surface area (Å²) in [6, 6.07) is 16.7. The summed E-state index contributed by atoms with van der Waals surface area (Å²) >= 11 is 1.45. The minimum absolute atomic E-state index is 0.130. The smallest absolute Gasteiger partial charge is 0.266 e. The number of aromatic nitrogens is 3. The fourth-order valence-electron chi connectivity index (χ4n) is 3.18. The molecule has 1 N–H and O–H groups in total. The van der Waals surface area contributed by atoms with Crippen molar-refractivity contribution in [3.63, 3.8) is 0 Å². The molecule has 31 heavy (non-hydrogen) atoms. The first kappa shape index (κ1) is 20.7. The third-order valence-electron chi connectivity index (χ3n) is 4.82. The number of aryl methyl sites for hydroxylation is 2. The SMILES string of the molecule is COc1ccc(-c2ccc(=O)n(CCCC(=O)Nc3nc4ccc(C)cc4s3)n2)cc1. The third kappa shape index (κ3) is 4.97. The quantitative estimate of drug-likeness (QED) is 0.470. The molecule has 1 amide bonds. The van der Waals surface area contributed by atoms with Crippen molar-refractivity contribution in [2.45, 2.75) is 26.3 Å². The van der Waals surface area contributed by atoms with Crippen LogP contribution in [0.2, 0.25) is 0 Å². The number of methoxy groups -OCH3 is 1. The largest absolute Gasteiger partial charge is 0.497 e. The van der Waals surface area contributed by atoms with Crippen molar-refractivity contribution in [1.82, 2.24) is 14.8 Å². The van der Waals surface area contributed by atoms with Gasteiger partial charge in [0, 0.05) is 24.6 Å². The van der Waals surface area contributed by atoms with Crippen LogP contribution in [0.3, 0.4) is 0 Å². The number of fused-ring (bicyclic) bond motifs is 1. The Morgan fingerprint density at radius 2 is 1.94 bits per heavy atom. The molecule has 0 spiro atoms. The van der Waals surface area contributed by atoms with Gasteiger partial charge >= 0.3 is 0 Å². The molecule has 2 heterocycles. The Balaban J connectivity index is 1.37. The van der Waals surface area contributed by atoms with Crippen LogP contribution in [-0.4, -0.2) is 27.8 Å². The Morgan fingerprint density at radius 1 is 1.13 bits per heavy atom. The number of nitrogens with zero attached hydrogens (tertiary/aromatic N) is 3. The number of nitrogens with one attached hydrogen (secondary N) is 1. The molecule has 0 fully saturated rings. The predicted molar refractivity (Wildman–Crippen MR) is 123 cm³/mol. The summed E-state index contributed by atoms with van der Waals surface area (Å²) in [6.45, 7) is 2.38. The van der Waals surface area contributed by atoms with Crippen LogP contribution >= 0.6 is 11.3 Å². The van der Waals surface area contributed by atoms with Gasteiger partial charge in [0.25, 0.3) is 5.56 Å². The minimum atomic E-state index is -0.195. The first-order chi connectivity index (χ1) is 15.0. The molecule has 8 heteroatoms. The Bertz CT molecular complexity index is 1280. The van der Waals surface area contributed by atoms with Crippen LogP contribution in [0, 0.1) is 6.92 Å². The van der Waals surface area contributed by atoms with Gasteiger partial charge in [0.2, 0.25) is 5.91 Å². The summed E-state index contributed by atoms with van der Waals surface area (Å²) in [5, 5.41) is 7.87. The fourth-order valence-corrected chi connectivity index (χ4v) is 4.16. The molecule has 0 atom stereocenters. The molecule has 0 saturated carbocycles. The Hall–Kier alpha value is -3.52. The second kappa shape index (κ2) is 9.09. The second-order valence-corrected chi connectivity index (χ2v) is 8.18. The first-order valence-corrected chi connectivity index (χ1v) is 10.7. The lowest BCUT2D eigenvalue weighted by Gasteiger charge is -2.08. The van der Waals surface area contributed by atoms with E-state index in [2.05, 4.69) is 21.5 Å². The van der Waals surface area contributed by atoms with E-state index >= 15 is 0 Å². The van der Waals surface area contributed by atoms with Gasteiger partial charge in [-0.25, -0.2) is 9.67 Å². The number of carbonyl (C=O) groups is 1. The molecule has 4 rings (SSSR count).